The minimum atomic E-state index is -0.0168. The second-order valence-corrected chi connectivity index (χ2v) is 6.06. The van der Waals surface area contributed by atoms with E-state index in [1.165, 1.54) is 11.8 Å². The van der Waals surface area contributed by atoms with Gasteiger partial charge in [0.2, 0.25) is 5.91 Å². The van der Waals surface area contributed by atoms with Crippen molar-refractivity contribution in [3.63, 3.8) is 0 Å². The van der Waals surface area contributed by atoms with E-state index < -0.39 is 0 Å². The largest absolute Gasteiger partial charge is 0.325 e. The van der Waals surface area contributed by atoms with Crippen LogP contribution in [-0.4, -0.2) is 11.7 Å². The number of hydrogen-bond acceptors (Lipinski definition) is 3. The molecule has 22 heavy (non-hydrogen) atoms. The Morgan fingerprint density at radius 1 is 1.14 bits per heavy atom. The van der Waals surface area contributed by atoms with Crippen LogP contribution in [0.5, 0.6) is 0 Å². The van der Waals surface area contributed by atoms with Gasteiger partial charge in [0, 0.05) is 11.4 Å². The highest BCUT2D eigenvalue weighted by Gasteiger charge is 2.08. The van der Waals surface area contributed by atoms with Crippen molar-refractivity contribution in [2.75, 3.05) is 11.1 Å². The van der Waals surface area contributed by atoms with Crippen LogP contribution in [0.4, 0.5) is 5.69 Å². The van der Waals surface area contributed by atoms with Crippen molar-refractivity contribution in [2.45, 2.75) is 19.6 Å². The van der Waals surface area contributed by atoms with Crippen LogP contribution >= 0.6 is 11.8 Å². The van der Waals surface area contributed by atoms with Gasteiger partial charge in [0.25, 0.3) is 0 Å². The zero-order valence-corrected chi connectivity index (χ0v) is 13.5. The van der Waals surface area contributed by atoms with Crippen molar-refractivity contribution in [1.82, 2.24) is 0 Å². The summed E-state index contributed by atoms with van der Waals surface area (Å²) < 4.78 is 0. The first-order valence-electron chi connectivity index (χ1n) is 7.03. The molecule has 2 rings (SSSR count). The lowest BCUT2D eigenvalue weighted by atomic mass is 10.1. The third-order valence-corrected chi connectivity index (χ3v) is 4.36. The molecule has 0 aliphatic carbocycles. The Morgan fingerprint density at radius 3 is 2.50 bits per heavy atom. The lowest BCUT2D eigenvalue weighted by molar-refractivity contribution is -0.113. The zero-order chi connectivity index (χ0) is 15.9. The van der Waals surface area contributed by atoms with Gasteiger partial charge in [-0.3, -0.25) is 4.79 Å². The van der Waals surface area contributed by atoms with Gasteiger partial charge in [-0.05, 0) is 36.6 Å². The molecule has 112 valence electrons. The summed E-state index contributed by atoms with van der Waals surface area (Å²) in [4.78, 5) is 12.1. The first-order chi connectivity index (χ1) is 10.6. The molecular formula is C18H18N2OS. The number of thioether (sulfide) groups is 1. The SMILES string of the molecule is Cc1cccc(C)c1NC(=O)CSCc1ccccc1C#N. The van der Waals surface area contributed by atoms with Crippen LogP contribution in [0.1, 0.15) is 22.3 Å². The van der Waals surface area contributed by atoms with Crippen molar-refractivity contribution in [3.8, 4) is 6.07 Å². The molecule has 0 saturated carbocycles. The third-order valence-electron chi connectivity index (χ3n) is 3.37. The second-order valence-electron chi connectivity index (χ2n) is 5.08. The maximum atomic E-state index is 12.1. The van der Waals surface area contributed by atoms with Crippen molar-refractivity contribution < 1.29 is 4.79 Å². The lowest BCUT2D eigenvalue weighted by Gasteiger charge is -2.11. The van der Waals surface area contributed by atoms with E-state index in [0.29, 0.717) is 17.1 Å². The molecule has 0 aliphatic rings. The monoisotopic (exact) mass is 310 g/mol. The molecule has 2 aromatic carbocycles. The summed E-state index contributed by atoms with van der Waals surface area (Å²) in [6.45, 7) is 3.97. The first-order valence-corrected chi connectivity index (χ1v) is 8.19. The Morgan fingerprint density at radius 2 is 1.82 bits per heavy atom. The summed E-state index contributed by atoms with van der Waals surface area (Å²) in [6, 6.07) is 15.6. The molecule has 0 fully saturated rings. The highest BCUT2D eigenvalue weighted by molar-refractivity contribution is 7.99. The van der Waals surface area contributed by atoms with E-state index in [1.807, 2.05) is 50.2 Å². The number of benzene rings is 2. The van der Waals surface area contributed by atoms with Gasteiger partial charge in [-0.1, -0.05) is 36.4 Å². The van der Waals surface area contributed by atoms with Crippen LogP contribution in [0.2, 0.25) is 0 Å². The predicted octanol–water partition coefficient (Wildman–Crippen LogP) is 4.05. The molecule has 0 spiro atoms. The van der Waals surface area contributed by atoms with Gasteiger partial charge in [0.05, 0.1) is 17.4 Å². The van der Waals surface area contributed by atoms with Crippen LogP contribution in [0, 0.1) is 25.2 Å². The number of anilines is 1. The van der Waals surface area contributed by atoms with E-state index in [2.05, 4.69) is 11.4 Å². The lowest BCUT2D eigenvalue weighted by Crippen LogP contribution is -2.15. The number of amides is 1. The van der Waals surface area contributed by atoms with Crippen LogP contribution in [-0.2, 0) is 10.5 Å². The number of hydrogen-bond donors (Lipinski definition) is 1. The van der Waals surface area contributed by atoms with E-state index in [4.69, 9.17) is 5.26 Å². The van der Waals surface area contributed by atoms with Crippen LogP contribution in [0.15, 0.2) is 42.5 Å². The summed E-state index contributed by atoms with van der Waals surface area (Å²) >= 11 is 1.51. The molecule has 0 unspecified atom stereocenters. The molecule has 1 amide bonds. The third kappa shape index (κ3) is 4.12. The molecule has 0 bridgehead atoms. The molecule has 4 heteroatoms. The zero-order valence-electron chi connectivity index (χ0n) is 12.7. The van der Waals surface area contributed by atoms with Crippen LogP contribution in [0.25, 0.3) is 0 Å². The standard InChI is InChI=1S/C18H18N2OS/c1-13-6-5-7-14(2)18(13)20-17(21)12-22-11-16-9-4-3-8-15(16)10-19/h3-9H,11-12H2,1-2H3,(H,20,21). The molecule has 0 radical (unpaired) electrons. The van der Waals surface area contributed by atoms with Crippen molar-refractivity contribution >= 4 is 23.4 Å². The molecule has 3 nitrogen and oxygen atoms in total. The fraction of sp³-hybridized carbons (Fsp3) is 0.222. The van der Waals surface area contributed by atoms with E-state index >= 15 is 0 Å². The normalized spacial score (nSPS) is 10.0. The van der Waals surface area contributed by atoms with Crippen LogP contribution < -0.4 is 5.32 Å². The number of rotatable bonds is 5. The van der Waals surface area contributed by atoms with Crippen molar-refractivity contribution in [1.29, 1.82) is 5.26 Å². The molecule has 0 aromatic heterocycles. The minimum absolute atomic E-state index is 0.0168. The number of nitrogens with zero attached hydrogens (tertiary/aromatic N) is 1. The topological polar surface area (TPSA) is 52.9 Å². The molecule has 0 aliphatic heterocycles. The molecule has 0 saturated heterocycles. The number of carbonyl (C=O) groups excluding carboxylic acids is 1. The molecule has 0 heterocycles. The van der Waals surface area contributed by atoms with Crippen LogP contribution in [0.3, 0.4) is 0 Å². The maximum absolute atomic E-state index is 12.1. The van der Waals surface area contributed by atoms with E-state index in [0.717, 1.165) is 22.4 Å². The van der Waals surface area contributed by atoms with Gasteiger partial charge >= 0.3 is 0 Å². The van der Waals surface area contributed by atoms with E-state index in [1.54, 1.807) is 6.07 Å². The number of aryl methyl sites for hydroxylation is 2. The number of nitriles is 1. The van der Waals surface area contributed by atoms with Gasteiger partial charge in [0.15, 0.2) is 0 Å². The molecular weight excluding hydrogens is 292 g/mol. The van der Waals surface area contributed by atoms with Gasteiger partial charge in [-0.25, -0.2) is 0 Å². The first kappa shape index (κ1) is 16.1. The predicted molar refractivity (Wildman–Crippen MR) is 91.9 cm³/mol. The minimum Gasteiger partial charge on any atom is -0.325 e. The Balaban J connectivity index is 1.90. The number of para-hydroxylation sites is 1. The summed E-state index contributed by atoms with van der Waals surface area (Å²) in [7, 11) is 0. The quantitative estimate of drug-likeness (QED) is 0.906. The summed E-state index contributed by atoms with van der Waals surface area (Å²) in [5.74, 6) is 1.01. The van der Waals surface area contributed by atoms with Gasteiger partial charge in [-0.15, -0.1) is 11.8 Å². The van der Waals surface area contributed by atoms with E-state index in [9.17, 15) is 4.79 Å². The van der Waals surface area contributed by atoms with E-state index in [-0.39, 0.29) is 5.91 Å². The average molecular weight is 310 g/mol. The summed E-state index contributed by atoms with van der Waals surface area (Å²) in [6.07, 6.45) is 0. The van der Waals surface area contributed by atoms with Gasteiger partial charge < -0.3 is 5.32 Å². The molecule has 1 N–H and O–H groups in total. The Kier molecular flexibility index (Phi) is 5.62. The summed E-state index contributed by atoms with van der Waals surface area (Å²) in [5.41, 5.74) is 4.66. The smallest absolute Gasteiger partial charge is 0.234 e. The van der Waals surface area contributed by atoms with Gasteiger partial charge in [-0.2, -0.15) is 5.26 Å². The Hall–Kier alpha value is -2.25. The molecule has 2 aromatic rings. The Labute approximate surface area is 135 Å². The number of nitrogens with one attached hydrogen (secondary N) is 1. The highest BCUT2D eigenvalue weighted by atomic mass is 32.2. The highest BCUT2D eigenvalue weighted by Crippen LogP contribution is 2.20. The van der Waals surface area contributed by atoms with Crippen molar-refractivity contribution in [2.24, 2.45) is 0 Å². The summed E-state index contributed by atoms with van der Waals surface area (Å²) in [5, 5.41) is 12.0. The Bertz CT molecular complexity index is 699. The number of carbonyl (C=O) groups is 1. The average Bonchev–Trinajstić information content (AvgIpc) is 2.51. The van der Waals surface area contributed by atoms with Gasteiger partial charge in [0.1, 0.15) is 0 Å². The molecule has 0 atom stereocenters. The fourth-order valence-electron chi connectivity index (χ4n) is 2.20. The van der Waals surface area contributed by atoms with Crippen molar-refractivity contribution in [3.05, 3.63) is 64.7 Å². The second kappa shape index (κ2) is 7.67. The maximum Gasteiger partial charge on any atom is 0.234 e. The fourth-order valence-corrected chi connectivity index (χ4v) is 3.03.